The number of fused-ring (bicyclic) bond motifs is 1. The molecule has 0 bridgehead atoms. The number of piperidine rings is 1. The van der Waals surface area contributed by atoms with Gasteiger partial charge in [-0.1, -0.05) is 6.42 Å². The third-order valence-corrected chi connectivity index (χ3v) is 4.82. The molecule has 1 atom stereocenters. The SMILES string of the molecule is c1csc(CN2CCCCC2c2ccn3ccnc3n2)n1. The highest BCUT2D eigenvalue weighted by Crippen LogP contribution is 2.31. The minimum Gasteiger partial charge on any atom is -0.291 e. The summed E-state index contributed by atoms with van der Waals surface area (Å²) in [5.41, 5.74) is 1.13. The molecule has 1 unspecified atom stereocenters. The van der Waals surface area contributed by atoms with E-state index in [1.807, 2.05) is 22.2 Å². The van der Waals surface area contributed by atoms with Crippen LogP contribution in [0.25, 0.3) is 5.78 Å². The van der Waals surface area contributed by atoms with Crippen molar-refractivity contribution in [3.63, 3.8) is 0 Å². The summed E-state index contributed by atoms with van der Waals surface area (Å²) in [6.45, 7) is 2.04. The Hall–Kier alpha value is -1.79. The molecule has 5 nitrogen and oxygen atoms in total. The molecular formula is C15H17N5S. The van der Waals surface area contributed by atoms with E-state index < -0.39 is 0 Å². The first-order valence-corrected chi connectivity index (χ1v) is 8.20. The maximum atomic E-state index is 4.73. The standard InChI is InChI=1S/C15H17N5S/c1-2-7-20(11-14-16-6-10-21-14)13(3-1)12-4-8-19-9-5-17-15(19)18-12/h4-6,8-10,13H,1-3,7,11H2. The molecule has 1 aliphatic heterocycles. The van der Waals surface area contributed by atoms with Gasteiger partial charge in [-0.25, -0.2) is 15.0 Å². The fourth-order valence-electron chi connectivity index (χ4n) is 3.02. The Kier molecular flexibility index (Phi) is 3.40. The number of nitrogens with zero attached hydrogens (tertiary/aromatic N) is 5. The van der Waals surface area contributed by atoms with Crippen LogP contribution in [0, 0.1) is 0 Å². The van der Waals surface area contributed by atoms with Crippen molar-refractivity contribution < 1.29 is 0 Å². The lowest BCUT2D eigenvalue weighted by molar-refractivity contribution is 0.137. The number of hydrogen-bond acceptors (Lipinski definition) is 5. The predicted octanol–water partition coefficient (Wildman–Crippen LogP) is 2.91. The van der Waals surface area contributed by atoms with Gasteiger partial charge in [0.05, 0.1) is 18.3 Å². The summed E-state index contributed by atoms with van der Waals surface area (Å²) < 4.78 is 1.96. The normalized spacial score (nSPS) is 20.1. The van der Waals surface area contributed by atoms with Crippen LogP contribution >= 0.6 is 11.3 Å². The van der Waals surface area contributed by atoms with Gasteiger partial charge in [0.15, 0.2) is 0 Å². The number of imidazole rings is 1. The molecular weight excluding hydrogens is 282 g/mol. The zero-order valence-corrected chi connectivity index (χ0v) is 12.5. The second-order valence-corrected chi connectivity index (χ2v) is 6.37. The molecule has 21 heavy (non-hydrogen) atoms. The Bertz CT molecular complexity index is 721. The molecule has 0 spiro atoms. The highest BCUT2D eigenvalue weighted by atomic mass is 32.1. The maximum Gasteiger partial charge on any atom is 0.233 e. The van der Waals surface area contributed by atoms with Gasteiger partial charge < -0.3 is 0 Å². The molecule has 0 N–H and O–H groups in total. The van der Waals surface area contributed by atoms with Crippen LogP contribution in [0.2, 0.25) is 0 Å². The molecule has 4 rings (SSSR count). The van der Waals surface area contributed by atoms with Crippen LogP contribution in [-0.2, 0) is 6.54 Å². The van der Waals surface area contributed by atoms with Crippen molar-refractivity contribution >= 4 is 17.1 Å². The number of aromatic nitrogens is 4. The van der Waals surface area contributed by atoms with Crippen molar-refractivity contribution in [2.75, 3.05) is 6.54 Å². The average molecular weight is 299 g/mol. The zero-order valence-electron chi connectivity index (χ0n) is 11.7. The molecule has 6 heteroatoms. The van der Waals surface area contributed by atoms with Crippen LogP contribution in [0.4, 0.5) is 0 Å². The van der Waals surface area contributed by atoms with E-state index in [1.165, 1.54) is 17.8 Å². The number of thiazole rings is 1. The van der Waals surface area contributed by atoms with Crippen molar-refractivity contribution in [2.24, 2.45) is 0 Å². The van der Waals surface area contributed by atoms with Crippen molar-refractivity contribution in [3.05, 3.63) is 46.9 Å². The van der Waals surface area contributed by atoms with Crippen LogP contribution in [0.15, 0.2) is 36.2 Å². The van der Waals surface area contributed by atoms with Gasteiger partial charge in [-0.15, -0.1) is 11.3 Å². The van der Waals surface area contributed by atoms with Crippen molar-refractivity contribution in [1.82, 2.24) is 24.3 Å². The molecule has 108 valence electrons. The monoisotopic (exact) mass is 299 g/mol. The van der Waals surface area contributed by atoms with E-state index in [2.05, 4.69) is 27.1 Å². The van der Waals surface area contributed by atoms with E-state index in [4.69, 9.17) is 4.98 Å². The van der Waals surface area contributed by atoms with Crippen LogP contribution in [-0.4, -0.2) is 30.8 Å². The Balaban J connectivity index is 1.63. The molecule has 0 saturated carbocycles. The summed E-state index contributed by atoms with van der Waals surface area (Å²) in [7, 11) is 0. The largest absolute Gasteiger partial charge is 0.291 e. The van der Waals surface area contributed by atoms with Crippen molar-refractivity contribution in [3.8, 4) is 0 Å². The fourth-order valence-corrected chi connectivity index (χ4v) is 3.66. The molecule has 1 aliphatic rings. The molecule has 3 aromatic heterocycles. The fraction of sp³-hybridized carbons (Fsp3) is 0.400. The lowest BCUT2D eigenvalue weighted by Crippen LogP contribution is -2.33. The van der Waals surface area contributed by atoms with E-state index in [0.717, 1.165) is 31.0 Å². The second-order valence-electron chi connectivity index (χ2n) is 5.39. The van der Waals surface area contributed by atoms with Gasteiger partial charge in [0.2, 0.25) is 5.78 Å². The van der Waals surface area contributed by atoms with Gasteiger partial charge in [0.25, 0.3) is 0 Å². The van der Waals surface area contributed by atoms with Gasteiger partial charge in [-0.05, 0) is 25.5 Å². The Labute approximate surface area is 127 Å². The van der Waals surface area contributed by atoms with Crippen LogP contribution in [0.1, 0.15) is 36.0 Å². The average Bonchev–Trinajstić information content (AvgIpc) is 3.18. The molecule has 1 saturated heterocycles. The smallest absolute Gasteiger partial charge is 0.233 e. The van der Waals surface area contributed by atoms with Crippen LogP contribution in [0.5, 0.6) is 0 Å². The molecule has 0 radical (unpaired) electrons. The minimum absolute atomic E-state index is 0.379. The molecule has 1 fully saturated rings. The quantitative estimate of drug-likeness (QED) is 0.746. The van der Waals surface area contributed by atoms with E-state index in [1.54, 1.807) is 17.5 Å². The van der Waals surface area contributed by atoms with E-state index >= 15 is 0 Å². The summed E-state index contributed by atoms with van der Waals surface area (Å²) in [5, 5.41) is 3.23. The Morgan fingerprint density at radius 3 is 3.10 bits per heavy atom. The first kappa shape index (κ1) is 12.9. The topological polar surface area (TPSA) is 46.3 Å². The van der Waals surface area contributed by atoms with E-state index in [-0.39, 0.29) is 0 Å². The molecule has 0 amide bonds. The third-order valence-electron chi connectivity index (χ3n) is 4.06. The van der Waals surface area contributed by atoms with Crippen molar-refractivity contribution in [1.29, 1.82) is 0 Å². The first-order valence-electron chi connectivity index (χ1n) is 7.32. The number of rotatable bonds is 3. The second kappa shape index (κ2) is 5.54. The van der Waals surface area contributed by atoms with Crippen molar-refractivity contribution in [2.45, 2.75) is 31.8 Å². The number of likely N-dealkylation sites (tertiary alicyclic amines) is 1. The van der Waals surface area contributed by atoms with Gasteiger partial charge in [0.1, 0.15) is 5.01 Å². The van der Waals surface area contributed by atoms with Crippen LogP contribution in [0.3, 0.4) is 0 Å². The molecule has 4 heterocycles. The Morgan fingerprint density at radius 1 is 1.19 bits per heavy atom. The van der Waals surface area contributed by atoms with E-state index in [9.17, 15) is 0 Å². The zero-order chi connectivity index (χ0) is 14.1. The summed E-state index contributed by atoms with van der Waals surface area (Å²) in [5.74, 6) is 0.785. The summed E-state index contributed by atoms with van der Waals surface area (Å²) in [6.07, 6.45) is 11.3. The minimum atomic E-state index is 0.379. The molecule has 0 aromatic carbocycles. The Morgan fingerprint density at radius 2 is 2.19 bits per heavy atom. The lowest BCUT2D eigenvalue weighted by Gasteiger charge is -2.34. The van der Waals surface area contributed by atoms with Crippen LogP contribution < -0.4 is 0 Å². The highest BCUT2D eigenvalue weighted by Gasteiger charge is 2.26. The molecule has 3 aromatic rings. The summed E-state index contributed by atoms with van der Waals surface area (Å²) >= 11 is 1.73. The predicted molar refractivity (Wildman–Crippen MR) is 82.1 cm³/mol. The van der Waals surface area contributed by atoms with Gasteiger partial charge >= 0.3 is 0 Å². The van der Waals surface area contributed by atoms with E-state index in [0.29, 0.717) is 6.04 Å². The number of hydrogen-bond donors (Lipinski definition) is 0. The van der Waals surface area contributed by atoms with Gasteiger partial charge in [0, 0.05) is 30.2 Å². The lowest BCUT2D eigenvalue weighted by atomic mass is 9.99. The summed E-state index contributed by atoms with van der Waals surface area (Å²) in [6, 6.07) is 2.50. The summed E-state index contributed by atoms with van der Waals surface area (Å²) in [4.78, 5) is 16.0. The first-order chi connectivity index (χ1) is 10.4. The van der Waals surface area contributed by atoms with Gasteiger partial charge in [-0.3, -0.25) is 9.30 Å². The molecule has 0 aliphatic carbocycles. The van der Waals surface area contributed by atoms with Gasteiger partial charge in [-0.2, -0.15) is 0 Å². The maximum absolute atomic E-state index is 4.73. The highest BCUT2D eigenvalue weighted by molar-refractivity contribution is 7.09. The third kappa shape index (κ3) is 2.56.